The summed E-state index contributed by atoms with van der Waals surface area (Å²) in [5.74, 6) is 0.218. The van der Waals surface area contributed by atoms with Crippen molar-refractivity contribution in [1.29, 1.82) is 0 Å². The number of carbonyl (C=O) groups is 1. The Morgan fingerprint density at radius 3 is 2.27 bits per heavy atom. The molecule has 0 spiro atoms. The Labute approximate surface area is 302 Å². The maximum Gasteiger partial charge on any atom is 0.241 e. The normalized spacial score (nSPS) is 18.3. The second-order valence-corrected chi connectivity index (χ2v) is 15.2. The lowest BCUT2D eigenvalue weighted by atomic mass is 10.0. The van der Waals surface area contributed by atoms with Crippen LogP contribution >= 0.6 is 11.8 Å². The number of rotatable bonds is 14. The van der Waals surface area contributed by atoms with Crippen LogP contribution in [0, 0.1) is 6.92 Å². The zero-order valence-corrected chi connectivity index (χ0v) is 30.0. The summed E-state index contributed by atoms with van der Waals surface area (Å²) >= 11 is 1.57. The van der Waals surface area contributed by atoms with Gasteiger partial charge in [0.15, 0.2) is 11.4 Å². The molecule has 6 rings (SSSR count). The van der Waals surface area contributed by atoms with Crippen LogP contribution in [0.25, 0.3) is 0 Å². The summed E-state index contributed by atoms with van der Waals surface area (Å²) in [6.45, 7) is 2.05. The molecule has 13 heteroatoms. The molecule has 1 saturated heterocycles. The van der Waals surface area contributed by atoms with E-state index in [-0.39, 0.29) is 36.7 Å². The van der Waals surface area contributed by atoms with Crippen LogP contribution in [0.15, 0.2) is 120 Å². The van der Waals surface area contributed by atoms with Crippen molar-refractivity contribution < 1.29 is 27.8 Å². The van der Waals surface area contributed by atoms with Gasteiger partial charge in [0.2, 0.25) is 15.9 Å². The number of nitrogens with zero attached hydrogens (tertiary/aromatic N) is 3. The minimum atomic E-state index is -3.95. The number of thioether (sulfide) groups is 1. The second kappa shape index (κ2) is 16.8. The second-order valence-electron chi connectivity index (χ2n) is 12.5. The average Bonchev–Trinajstić information content (AvgIpc) is 3.57. The minimum Gasteiger partial charge on any atom is -0.392 e. The van der Waals surface area contributed by atoms with Crippen LogP contribution < -0.4 is 10.0 Å². The van der Waals surface area contributed by atoms with E-state index in [1.165, 1.54) is 12.1 Å². The molecule has 266 valence electrons. The first-order valence-corrected chi connectivity index (χ1v) is 19.1. The minimum absolute atomic E-state index is 0.0297. The standard InChI is InChI=1S/C38H41N5O6S2/c1-26-8-18-33(19-9-26)51(46,47)42-34(20-27-6-4-3-5-7-27)36(45)39-22-28-10-16-31(17-11-28)37-48-32(24-50-38-41-40-25-43(38)2)21-35(49-37)30-14-12-29(23-44)13-15-30/h3-19,25,32,34-35,37,42,44H,20-24H2,1-2H3,(H,39,45)/t32-,34-,35+,37+/m1/s1. The van der Waals surface area contributed by atoms with Gasteiger partial charge in [-0.15, -0.1) is 10.2 Å². The number of aryl methyl sites for hydroxylation is 2. The van der Waals surface area contributed by atoms with E-state index in [0.29, 0.717) is 12.2 Å². The van der Waals surface area contributed by atoms with E-state index < -0.39 is 28.3 Å². The van der Waals surface area contributed by atoms with E-state index in [1.807, 2.05) is 97.4 Å². The van der Waals surface area contributed by atoms with Gasteiger partial charge in [-0.25, -0.2) is 8.42 Å². The molecule has 1 aliphatic heterocycles. The fourth-order valence-electron chi connectivity index (χ4n) is 5.71. The molecule has 2 heterocycles. The molecule has 11 nitrogen and oxygen atoms in total. The van der Waals surface area contributed by atoms with Crippen molar-refractivity contribution in [3.05, 3.63) is 143 Å². The third kappa shape index (κ3) is 9.70. The van der Waals surface area contributed by atoms with Crippen molar-refractivity contribution in [2.24, 2.45) is 7.05 Å². The number of benzene rings is 4. The van der Waals surface area contributed by atoms with Crippen molar-refractivity contribution >= 4 is 27.7 Å². The zero-order chi connectivity index (χ0) is 35.8. The van der Waals surface area contributed by atoms with Gasteiger partial charge in [0.05, 0.1) is 23.7 Å². The fourth-order valence-corrected chi connectivity index (χ4v) is 7.81. The highest BCUT2D eigenvalue weighted by Crippen LogP contribution is 2.39. The molecular formula is C38H41N5O6S2. The fraction of sp³-hybridized carbons (Fsp3) is 0.289. The zero-order valence-electron chi connectivity index (χ0n) is 28.4. The van der Waals surface area contributed by atoms with Gasteiger partial charge in [-0.05, 0) is 47.7 Å². The molecule has 4 aromatic carbocycles. The molecule has 4 atom stereocenters. The first kappa shape index (κ1) is 36.4. The lowest BCUT2D eigenvalue weighted by Crippen LogP contribution is -2.47. The molecule has 0 unspecified atom stereocenters. The molecule has 1 aromatic heterocycles. The maximum absolute atomic E-state index is 13.5. The first-order valence-electron chi connectivity index (χ1n) is 16.6. The van der Waals surface area contributed by atoms with E-state index >= 15 is 0 Å². The third-order valence-electron chi connectivity index (χ3n) is 8.63. The molecule has 0 aliphatic carbocycles. The van der Waals surface area contributed by atoms with Gasteiger partial charge < -0.3 is 24.5 Å². The molecule has 0 radical (unpaired) electrons. The van der Waals surface area contributed by atoms with Gasteiger partial charge in [0.1, 0.15) is 12.4 Å². The van der Waals surface area contributed by atoms with E-state index in [4.69, 9.17) is 9.47 Å². The highest BCUT2D eigenvalue weighted by Gasteiger charge is 2.33. The number of sulfonamides is 1. The van der Waals surface area contributed by atoms with Crippen LogP contribution in [0.3, 0.4) is 0 Å². The SMILES string of the molecule is Cc1ccc(S(=O)(=O)N[C@H](Cc2ccccc2)C(=O)NCc2ccc([C@H]3O[C@@H](CSc4nncn4C)C[C@@H](c4ccc(CO)cc4)O3)cc2)cc1. The topological polar surface area (TPSA) is 145 Å². The molecule has 0 bridgehead atoms. The Morgan fingerprint density at radius 1 is 0.922 bits per heavy atom. The number of amides is 1. The van der Waals surface area contributed by atoms with Gasteiger partial charge in [-0.1, -0.05) is 108 Å². The number of aliphatic hydroxyl groups excluding tert-OH is 1. The predicted octanol–water partition coefficient (Wildman–Crippen LogP) is 5.16. The van der Waals surface area contributed by atoms with Crippen LogP contribution in [0.1, 0.15) is 52.2 Å². The Balaban J connectivity index is 1.13. The summed E-state index contributed by atoms with van der Waals surface area (Å²) in [4.78, 5) is 13.6. The van der Waals surface area contributed by atoms with Crippen molar-refractivity contribution in [3.63, 3.8) is 0 Å². The smallest absolute Gasteiger partial charge is 0.241 e. The molecule has 0 saturated carbocycles. The van der Waals surface area contributed by atoms with E-state index in [2.05, 4.69) is 20.2 Å². The summed E-state index contributed by atoms with van der Waals surface area (Å²) in [5, 5.41) is 21.4. The highest BCUT2D eigenvalue weighted by molar-refractivity contribution is 7.99. The molecule has 3 N–H and O–H groups in total. The van der Waals surface area contributed by atoms with Crippen molar-refractivity contribution in [2.45, 2.75) is 67.5 Å². The number of hydrogen-bond acceptors (Lipinski definition) is 9. The monoisotopic (exact) mass is 727 g/mol. The lowest BCUT2D eigenvalue weighted by Gasteiger charge is -2.36. The van der Waals surface area contributed by atoms with Gasteiger partial charge >= 0.3 is 0 Å². The Morgan fingerprint density at radius 2 is 1.61 bits per heavy atom. The first-order chi connectivity index (χ1) is 24.7. The molecule has 5 aromatic rings. The van der Waals surface area contributed by atoms with E-state index in [0.717, 1.165) is 38.5 Å². The van der Waals surface area contributed by atoms with Crippen LogP contribution in [0.2, 0.25) is 0 Å². The van der Waals surface area contributed by atoms with Gasteiger partial charge in [0.25, 0.3) is 0 Å². The van der Waals surface area contributed by atoms with Gasteiger partial charge in [0, 0.05) is 31.3 Å². The quantitative estimate of drug-likeness (QED) is 0.132. The summed E-state index contributed by atoms with van der Waals surface area (Å²) < 4.78 is 43.9. The Bertz CT molecular complexity index is 1990. The molecule has 1 fully saturated rings. The van der Waals surface area contributed by atoms with Gasteiger partial charge in [-0.3, -0.25) is 4.79 Å². The van der Waals surface area contributed by atoms with Crippen molar-refractivity contribution in [2.75, 3.05) is 5.75 Å². The molecular weight excluding hydrogens is 687 g/mol. The summed E-state index contributed by atoms with van der Waals surface area (Å²) in [7, 11) is -2.05. The number of carbonyl (C=O) groups excluding carboxylic acids is 1. The van der Waals surface area contributed by atoms with Crippen molar-refractivity contribution in [3.8, 4) is 0 Å². The Kier molecular flexibility index (Phi) is 12.0. The third-order valence-corrected chi connectivity index (χ3v) is 11.3. The van der Waals surface area contributed by atoms with Crippen molar-refractivity contribution in [1.82, 2.24) is 24.8 Å². The highest BCUT2D eigenvalue weighted by atomic mass is 32.2. The maximum atomic E-state index is 13.5. The van der Waals surface area contributed by atoms with Crippen LogP contribution in [0.5, 0.6) is 0 Å². The molecule has 1 amide bonds. The predicted molar refractivity (Wildman–Crippen MR) is 194 cm³/mol. The number of nitrogens with one attached hydrogen (secondary N) is 2. The largest absolute Gasteiger partial charge is 0.392 e. The van der Waals surface area contributed by atoms with E-state index in [9.17, 15) is 18.3 Å². The van der Waals surface area contributed by atoms with Crippen LogP contribution in [0.4, 0.5) is 0 Å². The summed E-state index contributed by atoms with van der Waals surface area (Å²) in [6, 6.07) is 30.2. The lowest BCUT2D eigenvalue weighted by molar-refractivity contribution is -0.245. The average molecular weight is 728 g/mol. The van der Waals surface area contributed by atoms with Gasteiger partial charge in [-0.2, -0.15) is 4.72 Å². The van der Waals surface area contributed by atoms with Crippen LogP contribution in [-0.2, 0) is 50.9 Å². The molecule has 1 aliphatic rings. The van der Waals surface area contributed by atoms with Crippen LogP contribution in [-0.4, -0.2) is 52.1 Å². The number of hydrogen-bond donors (Lipinski definition) is 3. The number of aliphatic hydroxyl groups is 1. The number of ether oxygens (including phenoxy) is 2. The van der Waals surface area contributed by atoms with E-state index in [1.54, 1.807) is 30.2 Å². The summed E-state index contributed by atoms with van der Waals surface area (Å²) in [6.07, 6.45) is 1.48. The summed E-state index contributed by atoms with van der Waals surface area (Å²) in [5.41, 5.74) is 5.24. The Hall–Kier alpha value is -4.37. The number of aromatic nitrogens is 3. The molecule has 51 heavy (non-hydrogen) atoms.